The molecule has 3 heterocycles. The highest BCUT2D eigenvalue weighted by atomic mass is 31.2. The number of alkyl halides is 1. The summed E-state index contributed by atoms with van der Waals surface area (Å²) in [6.07, 6.45) is -3.52. The van der Waals surface area contributed by atoms with Crippen molar-refractivity contribution in [3.05, 3.63) is 36.7 Å². The van der Waals surface area contributed by atoms with E-state index < -0.39 is 56.6 Å². The lowest BCUT2D eigenvalue weighted by molar-refractivity contribution is -0.149. The van der Waals surface area contributed by atoms with Crippen LogP contribution >= 0.6 is 7.75 Å². The summed E-state index contributed by atoms with van der Waals surface area (Å²) in [7, 11) is -2.66. The van der Waals surface area contributed by atoms with Gasteiger partial charge in [-0.1, -0.05) is 18.2 Å². The molecule has 2 aromatic heterocycles. The maximum absolute atomic E-state index is 16.0. The molecule has 0 amide bonds. The number of halogens is 1. The molecule has 0 radical (unpaired) electrons. The highest BCUT2D eigenvalue weighted by molar-refractivity contribution is 7.52. The topological polar surface area (TPSA) is 185 Å². The zero-order valence-electron chi connectivity index (χ0n) is 22.6. The summed E-state index contributed by atoms with van der Waals surface area (Å²) in [4.78, 5) is 24.8. The fourth-order valence-electron chi connectivity index (χ4n) is 4.14. The van der Waals surface area contributed by atoms with Crippen molar-refractivity contribution >= 4 is 36.6 Å². The van der Waals surface area contributed by atoms with Gasteiger partial charge in [0.1, 0.15) is 24.0 Å². The number of aromatic nitrogens is 4. The number of hydrogen-bond donors (Lipinski definition) is 4. The van der Waals surface area contributed by atoms with E-state index in [0.29, 0.717) is 11.3 Å². The highest BCUT2D eigenvalue weighted by Crippen LogP contribution is 2.48. The van der Waals surface area contributed by atoms with Gasteiger partial charge in [0.25, 0.3) is 0 Å². The molecule has 14 nitrogen and oxygen atoms in total. The number of benzene rings is 1. The second kappa shape index (κ2) is 11.6. The Morgan fingerprint density at radius 1 is 1.30 bits per heavy atom. The van der Waals surface area contributed by atoms with Crippen molar-refractivity contribution in [1.82, 2.24) is 24.6 Å². The van der Waals surface area contributed by atoms with Gasteiger partial charge in [-0.2, -0.15) is 15.1 Å². The zero-order chi connectivity index (χ0) is 29.2. The molecule has 4 rings (SSSR count). The predicted molar refractivity (Wildman–Crippen MR) is 143 cm³/mol. The van der Waals surface area contributed by atoms with Gasteiger partial charge in [-0.05, 0) is 39.8 Å². The third-order valence-electron chi connectivity index (χ3n) is 6.08. The van der Waals surface area contributed by atoms with E-state index in [2.05, 4.69) is 25.4 Å². The second-order valence-electron chi connectivity index (χ2n) is 9.66. The van der Waals surface area contributed by atoms with Crippen molar-refractivity contribution in [3.63, 3.8) is 0 Å². The van der Waals surface area contributed by atoms with Crippen LogP contribution in [0.5, 0.6) is 5.75 Å². The Bertz CT molecular complexity index is 1390. The van der Waals surface area contributed by atoms with E-state index in [1.165, 1.54) is 17.8 Å². The van der Waals surface area contributed by atoms with E-state index >= 15 is 4.39 Å². The fraction of sp³-hybridized carbons (Fsp3) is 0.500. The highest BCUT2D eigenvalue weighted by Gasteiger charge is 2.56. The Morgan fingerprint density at radius 3 is 2.65 bits per heavy atom. The van der Waals surface area contributed by atoms with Gasteiger partial charge < -0.3 is 30.2 Å². The van der Waals surface area contributed by atoms with Crippen LogP contribution in [0.15, 0.2) is 36.7 Å². The number of aliphatic hydroxyl groups excluding tert-OH is 1. The Kier molecular flexibility index (Phi) is 8.61. The molecule has 40 heavy (non-hydrogen) atoms. The first-order chi connectivity index (χ1) is 18.8. The number of nitrogens with one attached hydrogen (secondary N) is 2. The van der Waals surface area contributed by atoms with Crippen LogP contribution in [0.2, 0.25) is 0 Å². The number of imidazole rings is 1. The quantitative estimate of drug-likeness (QED) is 0.191. The molecular weight excluding hydrogens is 548 g/mol. The summed E-state index contributed by atoms with van der Waals surface area (Å²) < 4.78 is 53.2. The standard InChI is InChI=1S/C24H33FN7O7P/c1-13(2)37-21(34)14(3)31-40(35,39-15-9-7-6-8-10-15)36-11-16-18(33)24(4,25)22(38-16)32-12-28-17-19(27-5)29-23(26)30-20(17)32/h6-10,12-14,16,18,22,33H,11H2,1-5H3,(H,31,35)(H3,26,27,29,30)/t14?,16-,18-,22-,24-,40-/m1/s1. The second-order valence-corrected chi connectivity index (χ2v) is 11.4. The van der Waals surface area contributed by atoms with Gasteiger partial charge in [0.2, 0.25) is 5.95 Å². The summed E-state index contributed by atoms with van der Waals surface area (Å²) in [5, 5.41) is 16.2. The van der Waals surface area contributed by atoms with Crippen LogP contribution in [0.25, 0.3) is 11.2 Å². The molecule has 1 aliphatic heterocycles. The number of nitrogens with zero attached hydrogens (tertiary/aromatic N) is 4. The van der Waals surface area contributed by atoms with Crippen LogP contribution in [0, 0.1) is 0 Å². The van der Waals surface area contributed by atoms with Crippen LogP contribution in [0.4, 0.5) is 16.2 Å². The van der Waals surface area contributed by atoms with Crippen molar-refractivity contribution in [1.29, 1.82) is 0 Å². The first-order valence-corrected chi connectivity index (χ1v) is 14.1. The largest absolute Gasteiger partial charge is 0.462 e. The number of nitrogen functional groups attached to an aromatic ring is 1. The maximum atomic E-state index is 16.0. The molecular formula is C24H33FN7O7P. The summed E-state index contributed by atoms with van der Waals surface area (Å²) in [5.74, 6) is -0.243. The van der Waals surface area contributed by atoms with Crippen LogP contribution in [0.3, 0.4) is 0 Å². The van der Waals surface area contributed by atoms with E-state index in [-0.39, 0.29) is 17.3 Å². The fourth-order valence-corrected chi connectivity index (χ4v) is 5.64. The lowest BCUT2D eigenvalue weighted by atomic mass is 9.98. The number of aliphatic hydroxyl groups is 1. The Labute approximate surface area is 230 Å². The monoisotopic (exact) mass is 581 g/mol. The lowest BCUT2D eigenvalue weighted by Crippen LogP contribution is -2.41. The number of carbonyl (C=O) groups excluding carboxylic acids is 1. The van der Waals surface area contributed by atoms with Crippen molar-refractivity contribution in [2.24, 2.45) is 0 Å². The minimum atomic E-state index is -4.28. The Hall–Kier alpha value is -3.36. The van der Waals surface area contributed by atoms with Crippen molar-refractivity contribution in [2.45, 2.75) is 63.9 Å². The van der Waals surface area contributed by atoms with Gasteiger partial charge in [-0.15, -0.1) is 0 Å². The van der Waals surface area contributed by atoms with E-state index in [1.54, 1.807) is 51.2 Å². The summed E-state index contributed by atoms with van der Waals surface area (Å²) >= 11 is 0. The number of fused-ring (bicyclic) bond motifs is 1. The van der Waals surface area contributed by atoms with Gasteiger partial charge in [0.05, 0.1) is 19.0 Å². The smallest absolute Gasteiger partial charge is 0.459 e. The minimum Gasteiger partial charge on any atom is -0.462 e. The molecule has 218 valence electrons. The van der Waals surface area contributed by atoms with E-state index in [1.807, 2.05) is 0 Å². The molecule has 5 N–H and O–H groups in total. The molecule has 1 saturated heterocycles. The number of ether oxygens (including phenoxy) is 2. The van der Waals surface area contributed by atoms with Gasteiger partial charge in [-0.25, -0.2) is 13.9 Å². The number of anilines is 2. The van der Waals surface area contributed by atoms with E-state index in [4.69, 9.17) is 24.3 Å². The van der Waals surface area contributed by atoms with Crippen molar-refractivity contribution in [2.75, 3.05) is 24.7 Å². The molecule has 1 fully saturated rings. The Balaban J connectivity index is 1.56. The van der Waals surface area contributed by atoms with Crippen LogP contribution in [-0.4, -0.2) is 74.3 Å². The molecule has 16 heteroatoms. The maximum Gasteiger partial charge on any atom is 0.459 e. The first-order valence-electron chi connectivity index (χ1n) is 12.5. The van der Waals surface area contributed by atoms with Gasteiger partial charge >= 0.3 is 13.7 Å². The number of carbonyl (C=O) groups is 1. The molecule has 0 saturated carbocycles. The average molecular weight is 582 g/mol. The van der Waals surface area contributed by atoms with Gasteiger partial charge in [0.15, 0.2) is 28.9 Å². The minimum absolute atomic E-state index is 0.0761. The number of esters is 1. The molecule has 3 aromatic rings. The molecule has 0 spiro atoms. The number of nitrogens with two attached hydrogens (primary N) is 1. The van der Waals surface area contributed by atoms with Crippen LogP contribution in [-0.2, 0) is 23.4 Å². The van der Waals surface area contributed by atoms with Gasteiger partial charge in [0, 0.05) is 7.05 Å². The normalized spacial score (nSPS) is 25.1. The third kappa shape index (κ3) is 6.18. The molecule has 0 bridgehead atoms. The predicted octanol–water partition coefficient (Wildman–Crippen LogP) is 2.57. The molecule has 1 aliphatic rings. The SMILES string of the molecule is CNc1nc(N)nc2c1ncn2[C@@H]1O[C@H](CO[P@](=O)(NC(C)C(=O)OC(C)C)Oc2ccccc2)[C@@H](O)[C@@]1(C)F. The number of para-hydroxylation sites is 1. The number of rotatable bonds is 11. The molecule has 1 aromatic carbocycles. The summed E-state index contributed by atoms with van der Waals surface area (Å²) in [5.41, 5.74) is 3.94. The average Bonchev–Trinajstić information content (AvgIpc) is 3.40. The molecule has 0 aliphatic carbocycles. The Morgan fingerprint density at radius 2 is 2.00 bits per heavy atom. The summed E-state index contributed by atoms with van der Waals surface area (Å²) in [6, 6.07) is 7.05. The van der Waals surface area contributed by atoms with Crippen molar-refractivity contribution < 1.29 is 37.4 Å². The van der Waals surface area contributed by atoms with Crippen LogP contribution in [0.1, 0.15) is 33.9 Å². The lowest BCUT2D eigenvalue weighted by Gasteiger charge is -2.25. The molecule has 1 unspecified atom stereocenters. The third-order valence-corrected chi connectivity index (χ3v) is 7.72. The first kappa shape index (κ1) is 29.6. The van der Waals surface area contributed by atoms with Crippen LogP contribution < -0.4 is 20.7 Å². The summed E-state index contributed by atoms with van der Waals surface area (Å²) in [6.45, 7) is 5.37. The zero-order valence-corrected chi connectivity index (χ0v) is 23.5. The van der Waals surface area contributed by atoms with E-state index in [0.717, 1.165) is 6.92 Å². The van der Waals surface area contributed by atoms with E-state index in [9.17, 15) is 14.5 Å². The number of hydrogen-bond acceptors (Lipinski definition) is 12. The van der Waals surface area contributed by atoms with Crippen molar-refractivity contribution in [3.8, 4) is 5.75 Å². The van der Waals surface area contributed by atoms with Gasteiger partial charge in [-0.3, -0.25) is 13.9 Å². The molecule has 6 atom stereocenters.